The van der Waals surface area contributed by atoms with Gasteiger partial charge in [0.2, 0.25) is 0 Å². The Morgan fingerprint density at radius 2 is 1.56 bits per heavy atom. The zero-order valence-electron chi connectivity index (χ0n) is 20.4. The van der Waals surface area contributed by atoms with E-state index >= 15 is 0 Å². The molecule has 2 fully saturated rings. The second-order valence-electron chi connectivity index (χ2n) is 9.25. The summed E-state index contributed by atoms with van der Waals surface area (Å²) in [6.45, 7) is 5.68. The maximum Gasteiger partial charge on any atom is 0.263 e. The van der Waals surface area contributed by atoms with E-state index in [2.05, 4.69) is 17.1 Å². The Morgan fingerprint density at radius 3 is 2.18 bits per heavy atom. The Balaban J connectivity index is 1.65. The summed E-state index contributed by atoms with van der Waals surface area (Å²) in [5.41, 5.74) is 2.51. The molecule has 0 aliphatic carbocycles. The van der Waals surface area contributed by atoms with Gasteiger partial charge in [-0.15, -0.1) is 0 Å². The minimum absolute atomic E-state index is 0.0402. The average molecular weight is 466 g/mol. The first kappa shape index (κ1) is 23.9. The standard InChI is InChI=1S/C27H35N3O4/c1-19-12-16-30(17-13-19)27(32)21-18-20(10-11-22(21)29-14-5-4-6-15-29)28-26(31)25-23(33-2)8-7-9-24(25)34-3/h7-11,18-19H,4-6,12-17H2,1-3H3,(H,28,31). The molecule has 0 atom stereocenters. The lowest BCUT2D eigenvalue weighted by molar-refractivity contribution is 0.0697. The summed E-state index contributed by atoms with van der Waals surface area (Å²) < 4.78 is 10.8. The third-order valence-corrected chi connectivity index (χ3v) is 6.91. The molecule has 0 saturated carbocycles. The van der Waals surface area contributed by atoms with Crippen molar-refractivity contribution in [2.75, 3.05) is 50.6 Å². The van der Waals surface area contributed by atoms with Crippen molar-refractivity contribution in [2.24, 2.45) is 5.92 Å². The number of methoxy groups -OCH3 is 2. The molecule has 34 heavy (non-hydrogen) atoms. The number of hydrogen-bond acceptors (Lipinski definition) is 5. The van der Waals surface area contributed by atoms with Crippen molar-refractivity contribution in [2.45, 2.75) is 39.0 Å². The molecule has 7 heteroatoms. The Kier molecular flexibility index (Phi) is 7.60. The molecular formula is C27H35N3O4. The lowest BCUT2D eigenvalue weighted by Gasteiger charge is -2.34. The van der Waals surface area contributed by atoms with Crippen LogP contribution >= 0.6 is 0 Å². The first-order valence-electron chi connectivity index (χ1n) is 12.2. The van der Waals surface area contributed by atoms with Gasteiger partial charge in [-0.05, 0) is 68.4 Å². The van der Waals surface area contributed by atoms with Crippen molar-refractivity contribution in [1.82, 2.24) is 4.90 Å². The second kappa shape index (κ2) is 10.8. The number of nitrogens with one attached hydrogen (secondary N) is 1. The minimum atomic E-state index is -0.342. The Morgan fingerprint density at radius 1 is 0.912 bits per heavy atom. The molecule has 182 valence electrons. The van der Waals surface area contributed by atoms with Crippen molar-refractivity contribution < 1.29 is 19.1 Å². The highest BCUT2D eigenvalue weighted by atomic mass is 16.5. The highest BCUT2D eigenvalue weighted by Crippen LogP contribution is 2.32. The molecule has 2 heterocycles. The van der Waals surface area contributed by atoms with E-state index in [1.165, 1.54) is 20.6 Å². The minimum Gasteiger partial charge on any atom is -0.496 e. The zero-order valence-corrected chi connectivity index (χ0v) is 20.4. The van der Waals surface area contributed by atoms with Gasteiger partial charge in [-0.3, -0.25) is 9.59 Å². The van der Waals surface area contributed by atoms with Crippen LogP contribution in [0.1, 0.15) is 59.7 Å². The van der Waals surface area contributed by atoms with Gasteiger partial charge in [0.25, 0.3) is 11.8 Å². The number of ether oxygens (including phenoxy) is 2. The number of piperidine rings is 2. The van der Waals surface area contributed by atoms with Crippen LogP contribution in [0, 0.1) is 5.92 Å². The molecule has 2 aliphatic heterocycles. The van der Waals surface area contributed by atoms with Crippen molar-refractivity contribution in [3.8, 4) is 11.5 Å². The maximum atomic E-state index is 13.6. The fraction of sp³-hybridized carbons (Fsp3) is 0.481. The normalized spacial score (nSPS) is 16.8. The number of nitrogens with zero attached hydrogens (tertiary/aromatic N) is 2. The molecule has 0 spiro atoms. The van der Waals surface area contributed by atoms with E-state index in [-0.39, 0.29) is 11.8 Å². The quantitative estimate of drug-likeness (QED) is 0.662. The van der Waals surface area contributed by atoms with E-state index in [1.54, 1.807) is 18.2 Å². The van der Waals surface area contributed by atoms with Crippen LogP contribution in [-0.2, 0) is 0 Å². The lowest BCUT2D eigenvalue weighted by Crippen LogP contribution is -2.39. The Hall–Kier alpha value is -3.22. The van der Waals surface area contributed by atoms with Crippen molar-refractivity contribution in [1.29, 1.82) is 0 Å². The van der Waals surface area contributed by atoms with Crippen molar-refractivity contribution in [3.05, 3.63) is 47.5 Å². The van der Waals surface area contributed by atoms with Crippen LogP contribution in [0.5, 0.6) is 11.5 Å². The number of amides is 2. The van der Waals surface area contributed by atoms with Gasteiger partial charge in [0.05, 0.1) is 19.8 Å². The molecule has 2 saturated heterocycles. The van der Waals surface area contributed by atoms with Crippen LogP contribution in [0.15, 0.2) is 36.4 Å². The molecule has 0 unspecified atom stereocenters. The van der Waals surface area contributed by atoms with E-state index in [0.717, 1.165) is 57.5 Å². The Labute approximate surface area is 202 Å². The second-order valence-corrected chi connectivity index (χ2v) is 9.25. The van der Waals surface area contributed by atoms with Crippen LogP contribution in [0.3, 0.4) is 0 Å². The van der Waals surface area contributed by atoms with E-state index in [4.69, 9.17) is 9.47 Å². The number of likely N-dealkylation sites (tertiary alicyclic amines) is 1. The summed E-state index contributed by atoms with van der Waals surface area (Å²) in [5, 5.41) is 2.95. The van der Waals surface area contributed by atoms with Gasteiger partial charge in [0, 0.05) is 37.6 Å². The molecule has 1 N–H and O–H groups in total. The van der Waals surface area contributed by atoms with Gasteiger partial charge in [-0.25, -0.2) is 0 Å². The fourth-order valence-corrected chi connectivity index (χ4v) is 4.85. The lowest BCUT2D eigenvalue weighted by atomic mass is 9.98. The summed E-state index contributed by atoms with van der Waals surface area (Å²) in [7, 11) is 3.05. The molecule has 0 bridgehead atoms. The van der Waals surface area contributed by atoms with Crippen LogP contribution < -0.4 is 19.7 Å². The molecule has 2 amide bonds. The maximum absolute atomic E-state index is 13.6. The van der Waals surface area contributed by atoms with Crippen LogP contribution in [-0.4, -0.2) is 57.1 Å². The van der Waals surface area contributed by atoms with Gasteiger partial charge in [-0.2, -0.15) is 0 Å². The largest absolute Gasteiger partial charge is 0.496 e. The number of anilines is 2. The zero-order chi connectivity index (χ0) is 24.1. The van der Waals surface area contributed by atoms with E-state index < -0.39 is 0 Å². The summed E-state index contributed by atoms with van der Waals surface area (Å²) in [5.74, 6) is 1.21. The molecule has 0 radical (unpaired) electrons. The molecule has 2 aromatic rings. The average Bonchev–Trinajstić information content (AvgIpc) is 2.88. The van der Waals surface area contributed by atoms with Gasteiger partial charge in [-0.1, -0.05) is 13.0 Å². The molecule has 7 nitrogen and oxygen atoms in total. The van der Waals surface area contributed by atoms with Crippen LogP contribution in [0.4, 0.5) is 11.4 Å². The Bertz CT molecular complexity index is 1000. The predicted molar refractivity (Wildman–Crippen MR) is 134 cm³/mol. The molecule has 4 rings (SSSR count). The predicted octanol–water partition coefficient (Wildman–Crippen LogP) is 4.82. The number of hydrogen-bond donors (Lipinski definition) is 1. The van der Waals surface area contributed by atoms with Crippen molar-refractivity contribution >= 4 is 23.2 Å². The van der Waals surface area contributed by atoms with E-state index in [0.29, 0.717) is 34.2 Å². The van der Waals surface area contributed by atoms with Crippen molar-refractivity contribution in [3.63, 3.8) is 0 Å². The molecule has 2 aromatic carbocycles. The van der Waals surface area contributed by atoms with Gasteiger partial charge >= 0.3 is 0 Å². The third kappa shape index (κ3) is 5.13. The van der Waals surface area contributed by atoms with Crippen LogP contribution in [0.25, 0.3) is 0 Å². The SMILES string of the molecule is COc1cccc(OC)c1C(=O)Nc1ccc(N2CCCCC2)c(C(=O)N2CCC(C)CC2)c1. The third-order valence-electron chi connectivity index (χ3n) is 6.91. The first-order valence-corrected chi connectivity index (χ1v) is 12.2. The van der Waals surface area contributed by atoms with Gasteiger partial charge < -0.3 is 24.6 Å². The van der Waals surface area contributed by atoms with Gasteiger partial charge in [0.15, 0.2) is 0 Å². The topological polar surface area (TPSA) is 71.1 Å². The van der Waals surface area contributed by atoms with E-state index in [9.17, 15) is 9.59 Å². The summed E-state index contributed by atoms with van der Waals surface area (Å²) in [6.07, 6.45) is 5.52. The highest BCUT2D eigenvalue weighted by Gasteiger charge is 2.26. The molecule has 2 aliphatic rings. The highest BCUT2D eigenvalue weighted by molar-refractivity contribution is 6.09. The molecule has 0 aromatic heterocycles. The summed E-state index contributed by atoms with van der Waals surface area (Å²) in [4.78, 5) is 31.1. The number of carbonyl (C=O) groups is 2. The summed E-state index contributed by atoms with van der Waals surface area (Å²) in [6, 6.07) is 10.9. The first-order chi connectivity index (χ1) is 16.5. The fourth-order valence-electron chi connectivity index (χ4n) is 4.85. The van der Waals surface area contributed by atoms with Gasteiger partial charge in [0.1, 0.15) is 17.1 Å². The smallest absolute Gasteiger partial charge is 0.263 e. The molecular weight excluding hydrogens is 430 g/mol. The van der Waals surface area contributed by atoms with E-state index in [1.807, 2.05) is 23.1 Å². The number of rotatable bonds is 6. The summed E-state index contributed by atoms with van der Waals surface area (Å²) >= 11 is 0. The number of carbonyl (C=O) groups excluding carboxylic acids is 2. The monoisotopic (exact) mass is 465 g/mol. The van der Waals surface area contributed by atoms with Crippen LogP contribution in [0.2, 0.25) is 0 Å². The number of benzene rings is 2.